The van der Waals surface area contributed by atoms with Crippen LogP contribution in [-0.2, 0) is 23.7 Å². The van der Waals surface area contributed by atoms with E-state index in [2.05, 4.69) is 38.2 Å². The number of hydrogen-bond acceptors (Lipinski definition) is 9. The number of aliphatic hydroxyl groups excluding tert-OH is 4. The molecule has 0 aromatic rings. The van der Waals surface area contributed by atoms with E-state index < -0.39 is 43.4 Å². The van der Waals surface area contributed by atoms with E-state index in [0.717, 1.165) is 32.1 Å². The maximum atomic E-state index is 12.8. The molecular weight excluding hydrogens is 769 g/mol. The van der Waals surface area contributed by atoms with Crippen molar-refractivity contribution >= 4 is 5.97 Å². The van der Waals surface area contributed by atoms with Crippen molar-refractivity contribution in [3.05, 3.63) is 24.3 Å². The molecule has 1 fully saturated rings. The number of carbonyl (C=O) groups excluding carboxylic acids is 1. The molecule has 1 heterocycles. The van der Waals surface area contributed by atoms with E-state index in [9.17, 15) is 25.2 Å². The van der Waals surface area contributed by atoms with Gasteiger partial charge in [-0.1, -0.05) is 192 Å². The van der Waals surface area contributed by atoms with Gasteiger partial charge >= 0.3 is 5.97 Å². The molecule has 0 radical (unpaired) electrons. The third kappa shape index (κ3) is 34.7. The first-order valence-corrected chi connectivity index (χ1v) is 25.9. The Hall–Kier alpha value is -1.33. The minimum Gasteiger partial charge on any atom is -0.457 e. The molecule has 360 valence electrons. The summed E-state index contributed by atoms with van der Waals surface area (Å²) in [6.07, 6.45) is 45.0. The zero-order valence-electron chi connectivity index (χ0n) is 39.7. The zero-order chi connectivity index (χ0) is 44.3. The van der Waals surface area contributed by atoms with Crippen LogP contribution >= 0.6 is 0 Å². The summed E-state index contributed by atoms with van der Waals surface area (Å²) in [6.45, 7) is 4.57. The third-order valence-corrected chi connectivity index (χ3v) is 12.1. The molecule has 1 aliphatic rings. The fourth-order valence-corrected chi connectivity index (χ4v) is 8.01. The van der Waals surface area contributed by atoms with Gasteiger partial charge in [0, 0.05) is 13.0 Å². The molecule has 0 amide bonds. The van der Waals surface area contributed by atoms with Crippen LogP contribution < -0.4 is 0 Å². The Morgan fingerprint density at radius 2 is 0.902 bits per heavy atom. The second-order valence-corrected chi connectivity index (χ2v) is 18.0. The van der Waals surface area contributed by atoms with Crippen LogP contribution in [0.15, 0.2) is 24.3 Å². The summed E-state index contributed by atoms with van der Waals surface area (Å²) in [7, 11) is 0. The average Bonchev–Trinajstić information content (AvgIpc) is 3.26. The topological polar surface area (TPSA) is 135 Å². The van der Waals surface area contributed by atoms with Gasteiger partial charge in [-0.3, -0.25) is 4.79 Å². The summed E-state index contributed by atoms with van der Waals surface area (Å²) in [6, 6.07) is 0. The Kier molecular flexibility index (Phi) is 41.5. The van der Waals surface area contributed by atoms with Crippen molar-refractivity contribution in [2.75, 3.05) is 26.4 Å². The first kappa shape index (κ1) is 57.7. The van der Waals surface area contributed by atoms with E-state index >= 15 is 0 Å². The minimum atomic E-state index is -1.54. The SMILES string of the molecule is CCCCCCC/C=C\CCCCCCCCOCC(COC1OC(CO)C(O)C(O)C1O)OC(=O)CCCCCCCCCCCCC/C=C\CCCCCCCCCC. The molecule has 61 heavy (non-hydrogen) atoms. The lowest BCUT2D eigenvalue weighted by atomic mass is 9.99. The van der Waals surface area contributed by atoms with E-state index in [1.807, 2.05) is 0 Å². The van der Waals surface area contributed by atoms with Crippen molar-refractivity contribution < 1.29 is 44.2 Å². The summed E-state index contributed by atoms with van der Waals surface area (Å²) >= 11 is 0. The zero-order valence-corrected chi connectivity index (χ0v) is 39.7. The molecule has 0 bridgehead atoms. The van der Waals surface area contributed by atoms with Crippen LogP contribution in [-0.4, -0.2) is 89.6 Å². The average molecular weight is 867 g/mol. The van der Waals surface area contributed by atoms with Gasteiger partial charge in [-0.2, -0.15) is 0 Å². The second-order valence-electron chi connectivity index (χ2n) is 18.0. The number of unbranched alkanes of at least 4 members (excludes halogenated alkanes) is 30. The molecule has 0 aromatic heterocycles. The normalized spacial score (nSPS) is 20.0. The fourth-order valence-electron chi connectivity index (χ4n) is 8.01. The molecule has 1 rings (SSSR count). The highest BCUT2D eigenvalue weighted by molar-refractivity contribution is 5.69. The van der Waals surface area contributed by atoms with Crippen LogP contribution in [0.4, 0.5) is 0 Å². The van der Waals surface area contributed by atoms with Crippen LogP contribution in [0.5, 0.6) is 0 Å². The highest BCUT2D eigenvalue weighted by atomic mass is 16.7. The van der Waals surface area contributed by atoms with E-state index in [1.165, 1.54) is 186 Å². The number of aliphatic hydroxyl groups is 4. The van der Waals surface area contributed by atoms with Gasteiger partial charge in [-0.15, -0.1) is 0 Å². The van der Waals surface area contributed by atoms with Gasteiger partial charge in [0.2, 0.25) is 0 Å². The monoisotopic (exact) mass is 867 g/mol. The van der Waals surface area contributed by atoms with Crippen molar-refractivity contribution in [3.8, 4) is 0 Å². The van der Waals surface area contributed by atoms with Gasteiger partial charge in [-0.25, -0.2) is 0 Å². The Balaban J connectivity index is 2.18. The van der Waals surface area contributed by atoms with Crippen LogP contribution in [0.1, 0.15) is 239 Å². The van der Waals surface area contributed by atoms with E-state index in [0.29, 0.717) is 13.0 Å². The lowest BCUT2D eigenvalue weighted by Crippen LogP contribution is -2.59. The summed E-state index contributed by atoms with van der Waals surface area (Å²) in [4.78, 5) is 12.8. The standard InChI is InChI=1S/C52H98O9/c1-3-5-7-9-11-13-15-17-19-20-21-22-23-24-25-26-27-29-31-33-35-37-39-41-48(54)60-46(45-59-52-51(57)50(56)49(55)47(43-53)61-52)44-58-42-40-38-36-34-32-30-28-18-16-14-12-10-8-6-4-2/h16,18,20-21,46-47,49-53,55-57H,3-15,17,19,22-45H2,1-2H3/b18-16-,21-20-. The number of hydrogen-bond donors (Lipinski definition) is 4. The Labute approximate surface area is 375 Å². The molecule has 0 aromatic carbocycles. The molecule has 0 saturated carbocycles. The highest BCUT2D eigenvalue weighted by Crippen LogP contribution is 2.23. The molecule has 6 unspecified atom stereocenters. The maximum absolute atomic E-state index is 12.8. The lowest BCUT2D eigenvalue weighted by molar-refractivity contribution is -0.305. The number of rotatable bonds is 45. The highest BCUT2D eigenvalue weighted by Gasteiger charge is 2.44. The minimum absolute atomic E-state index is 0.113. The summed E-state index contributed by atoms with van der Waals surface area (Å²) in [5.74, 6) is -0.313. The van der Waals surface area contributed by atoms with E-state index in [-0.39, 0.29) is 19.2 Å². The van der Waals surface area contributed by atoms with E-state index in [1.54, 1.807) is 0 Å². The second kappa shape index (κ2) is 43.9. The largest absolute Gasteiger partial charge is 0.457 e. The quantitative estimate of drug-likeness (QED) is 0.0268. The van der Waals surface area contributed by atoms with Crippen LogP contribution in [0.2, 0.25) is 0 Å². The molecule has 4 N–H and O–H groups in total. The first-order valence-electron chi connectivity index (χ1n) is 25.9. The molecule has 1 aliphatic heterocycles. The lowest BCUT2D eigenvalue weighted by Gasteiger charge is -2.39. The molecule has 6 atom stereocenters. The number of allylic oxidation sites excluding steroid dienone is 4. The van der Waals surface area contributed by atoms with Crippen molar-refractivity contribution in [1.29, 1.82) is 0 Å². The number of esters is 1. The van der Waals surface area contributed by atoms with Crippen LogP contribution in [0, 0.1) is 0 Å². The predicted octanol–water partition coefficient (Wildman–Crippen LogP) is 12.5. The Morgan fingerprint density at radius 3 is 1.33 bits per heavy atom. The van der Waals surface area contributed by atoms with Crippen molar-refractivity contribution in [2.24, 2.45) is 0 Å². The summed E-state index contributed by atoms with van der Waals surface area (Å²) < 4.78 is 22.9. The molecule has 0 aliphatic carbocycles. The smallest absolute Gasteiger partial charge is 0.306 e. The Bertz CT molecular complexity index is 988. The van der Waals surface area contributed by atoms with Crippen molar-refractivity contribution in [3.63, 3.8) is 0 Å². The molecule has 0 spiro atoms. The molecule has 9 nitrogen and oxygen atoms in total. The molecule has 1 saturated heterocycles. The van der Waals surface area contributed by atoms with Crippen molar-refractivity contribution in [2.45, 2.75) is 275 Å². The van der Waals surface area contributed by atoms with Crippen LogP contribution in [0.3, 0.4) is 0 Å². The summed E-state index contributed by atoms with van der Waals surface area (Å²) in [5, 5.41) is 40.2. The fraction of sp³-hybridized carbons (Fsp3) is 0.904. The van der Waals surface area contributed by atoms with Gasteiger partial charge in [0.15, 0.2) is 6.29 Å². The van der Waals surface area contributed by atoms with Crippen molar-refractivity contribution in [1.82, 2.24) is 0 Å². The summed E-state index contributed by atoms with van der Waals surface area (Å²) in [5.41, 5.74) is 0. The first-order chi connectivity index (χ1) is 29.9. The Morgan fingerprint density at radius 1 is 0.508 bits per heavy atom. The molecular formula is C52H98O9. The van der Waals surface area contributed by atoms with Gasteiger partial charge in [0.05, 0.1) is 19.8 Å². The van der Waals surface area contributed by atoms with Gasteiger partial charge < -0.3 is 39.4 Å². The van der Waals surface area contributed by atoms with E-state index in [4.69, 9.17) is 18.9 Å². The van der Waals surface area contributed by atoms with Gasteiger partial charge in [0.25, 0.3) is 0 Å². The molecule has 9 heteroatoms. The predicted molar refractivity (Wildman–Crippen MR) is 252 cm³/mol. The third-order valence-electron chi connectivity index (χ3n) is 12.1. The van der Waals surface area contributed by atoms with Crippen LogP contribution in [0.25, 0.3) is 0 Å². The van der Waals surface area contributed by atoms with Gasteiger partial charge in [-0.05, 0) is 64.2 Å². The number of ether oxygens (including phenoxy) is 4. The van der Waals surface area contributed by atoms with Gasteiger partial charge in [0.1, 0.15) is 30.5 Å². The maximum Gasteiger partial charge on any atom is 0.306 e. The number of carbonyl (C=O) groups is 1.